The third kappa shape index (κ3) is 6.86. The fourth-order valence-corrected chi connectivity index (χ4v) is 5.83. The molecule has 0 aliphatic heterocycles. The number of fused-ring (bicyclic) bond motifs is 1. The molecule has 0 bridgehead atoms. The van der Waals surface area contributed by atoms with Gasteiger partial charge in [0.2, 0.25) is 5.91 Å². The van der Waals surface area contributed by atoms with Crippen LogP contribution in [0.5, 0.6) is 0 Å². The Kier molecular flexibility index (Phi) is 9.15. The summed E-state index contributed by atoms with van der Waals surface area (Å²) in [7, 11) is 5.63. The third-order valence-corrected chi connectivity index (χ3v) is 7.68. The lowest BCUT2D eigenvalue weighted by Gasteiger charge is -2.20. The Bertz CT molecular complexity index is 1630. The summed E-state index contributed by atoms with van der Waals surface area (Å²) in [4.78, 5) is 26.0. The van der Waals surface area contributed by atoms with Gasteiger partial charge in [0.1, 0.15) is 17.0 Å². The summed E-state index contributed by atoms with van der Waals surface area (Å²) in [6.45, 7) is 1.17. The van der Waals surface area contributed by atoms with Crippen molar-refractivity contribution < 1.29 is 9.53 Å². The first-order valence-electron chi connectivity index (χ1n) is 13.4. The van der Waals surface area contributed by atoms with E-state index in [1.165, 1.54) is 0 Å². The molecule has 0 unspecified atom stereocenters. The van der Waals surface area contributed by atoms with Crippen molar-refractivity contribution in [3.63, 3.8) is 0 Å². The molecular weight excluding hydrogens is 530 g/mol. The van der Waals surface area contributed by atoms with Gasteiger partial charge in [-0.3, -0.25) is 4.79 Å². The van der Waals surface area contributed by atoms with Crippen molar-refractivity contribution in [2.45, 2.75) is 6.04 Å². The van der Waals surface area contributed by atoms with Gasteiger partial charge in [0.05, 0.1) is 18.0 Å². The number of thiophene rings is 1. The van der Waals surface area contributed by atoms with E-state index in [1.54, 1.807) is 30.8 Å². The van der Waals surface area contributed by atoms with E-state index in [0.717, 1.165) is 43.2 Å². The Morgan fingerprint density at radius 2 is 1.71 bits per heavy atom. The number of rotatable bonds is 11. The predicted octanol–water partition coefficient (Wildman–Crippen LogP) is 6.88. The molecule has 41 heavy (non-hydrogen) atoms. The van der Waals surface area contributed by atoms with Crippen LogP contribution in [0, 0.1) is 0 Å². The third-order valence-electron chi connectivity index (χ3n) is 6.53. The van der Waals surface area contributed by atoms with Crippen LogP contribution < -0.4 is 10.6 Å². The van der Waals surface area contributed by atoms with Crippen LogP contribution in [-0.4, -0.2) is 55.1 Å². The van der Waals surface area contributed by atoms with Crippen molar-refractivity contribution >= 4 is 39.0 Å². The number of anilines is 2. The van der Waals surface area contributed by atoms with Crippen LogP contribution in [0.25, 0.3) is 31.8 Å². The van der Waals surface area contributed by atoms with Gasteiger partial charge in [0.15, 0.2) is 0 Å². The minimum Gasteiger partial charge on any atom is -0.382 e. The van der Waals surface area contributed by atoms with Crippen molar-refractivity contribution in [3.8, 4) is 21.6 Å². The maximum Gasteiger partial charge on any atom is 0.248 e. The summed E-state index contributed by atoms with van der Waals surface area (Å²) in [6.07, 6.45) is 5.01. The molecule has 1 atom stereocenters. The van der Waals surface area contributed by atoms with Gasteiger partial charge in [0.25, 0.3) is 0 Å². The number of benzene rings is 3. The van der Waals surface area contributed by atoms with Crippen molar-refractivity contribution in [2.24, 2.45) is 0 Å². The molecule has 0 spiro atoms. The van der Waals surface area contributed by atoms with Crippen LogP contribution in [0.15, 0.2) is 103 Å². The molecule has 5 aromatic rings. The van der Waals surface area contributed by atoms with Gasteiger partial charge in [0, 0.05) is 35.9 Å². The molecule has 2 N–H and O–H groups in total. The number of hydrogen-bond donors (Lipinski definition) is 2. The van der Waals surface area contributed by atoms with Gasteiger partial charge in [-0.2, -0.15) is 0 Å². The van der Waals surface area contributed by atoms with Crippen LogP contribution in [-0.2, 0) is 9.53 Å². The molecule has 0 radical (unpaired) electrons. The zero-order valence-electron chi connectivity index (χ0n) is 23.4. The number of nitrogens with one attached hydrogen (secondary N) is 2. The minimum atomic E-state index is -0.168. The first-order valence-corrected chi connectivity index (χ1v) is 14.2. The van der Waals surface area contributed by atoms with E-state index < -0.39 is 0 Å². The van der Waals surface area contributed by atoms with E-state index >= 15 is 0 Å². The molecule has 0 aliphatic rings. The number of carbonyl (C=O) groups is 1. The highest BCUT2D eigenvalue weighted by molar-refractivity contribution is 7.22. The van der Waals surface area contributed by atoms with Crippen molar-refractivity contribution in [3.05, 3.63) is 109 Å². The van der Waals surface area contributed by atoms with E-state index in [0.29, 0.717) is 18.8 Å². The fourth-order valence-electron chi connectivity index (χ4n) is 4.66. The zero-order valence-corrected chi connectivity index (χ0v) is 24.2. The van der Waals surface area contributed by atoms with Crippen LogP contribution >= 0.6 is 11.3 Å². The molecule has 2 heterocycles. The second-order valence-corrected chi connectivity index (χ2v) is 10.9. The molecule has 5 rings (SSSR count). The normalized spacial score (nSPS) is 12.2. The first kappa shape index (κ1) is 28.2. The number of likely N-dealkylation sites (N-methyl/N-ethyl adjacent to an activating group) is 1. The van der Waals surface area contributed by atoms with Gasteiger partial charge >= 0.3 is 0 Å². The van der Waals surface area contributed by atoms with Gasteiger partial charge in [-0.05, 0) is 42.9 Å². The lowest BCUT2D eigenvalue weighted by molar-refractivity contribution is -0.111. The summed E-state index contributed by atoms with van der Waals surface area (Å²) >= 11 is 1.63. The standard InChI is InChI=1S/C33H33N5O2S/c1-38(2)19-11-18-28(39)36-26-17-10-16-25(20-26)29-30-32(37-27(21-40-3)23-12-6-4-7-13-23)34-22-35-33(30)41-31(29)24-14-8-5-9-15-24/h4-18,20,22,27H,19,21H2,1-3H3,(H,36,39)(H,34,35,37)/t27-/m1/s1. The molecule has 1 amide bonds. The monoisotopic (exact) mass is 563 g/mol. The van der Waals surface area contributed by atoms with Crippen LogP contribution in [0.1, 0.15) is 11.6 Å². The van der Waals surface area contributed by atoms with Gasteiger partial charge in [-0.15, -0.1) is 11.3 Å². The largest absolute Gasteiger partial charge is 0.382 e. The number of carbonyl (C=O) groups excluding carboxylic acids is 1. The molecule has 0 aliphatic carbocycles. The van der Waals surface area contributed by atoms with E-state index in [2.05, 4.69) is 45.9 Å². The van der Waals surface area contributed by atoms with Crippen LogP contribution in [0.4, 0.5) is 11.5 Å². The Morgan fingerprint density at radius 1 is 0.976 bits per heavy atom. The Balaban J connectivity index is 1.60. The molecule has 7 nitrogen and oxygen atoms in total. The summed E-state index contributed by atoms with van der Waals surface area (Å²) < 4.78 is 5.57. The highest BCUT2D eigenvalue weighted by Gasteiger charge is 2.22. The summed E-state index contributed by atoms with van der Waals surface area (Å²) in [5.41, 5.74) is 4.89. The quantitative estimate of drug-likeness (QED) is 0.171. The highest BCUT2D eigenvalue weighted by Crippen LogP contribution is 2.47. The summed E-state index contributed by atoms with van der Waals surface area (Å²) in [5.74, 6) is 0.564. The van der Waals surface area contributed by atoms with E-state index in [9.17, 15) is 4.79 Å². The van der Waals surface area contributed by atoms with Gasteiger partial charge in [-0.25, -0.2) is 9.97 Å². The SMILES string of the molecule is COC[C@@H](Nc1ncnc2sc(-c3ccccc3)c(-c3cccc(NC(=O)C=CCN(C)C)c3)c12)c1ccccc1. The van der Waals surface area contributed by atoms with E-state index in [1.807, 2.05) is 79.7 Å². The second kappa shape index (κ2) is 13.3. The average Bonchev–Trinajstić information content (AvgIpc) is 3.38. The Hall–Kier alpha value is -4.37. The lowest BCUT2D eigenvalue weighted by Crippen LogP contribution is -2.17. The summed E-state index contributed by atoms with van der Waals surface area (Å²) in [5, 5.41) is 7.58. The Labute approximate surface area is 244 Å². The van der Waals surface area contributed by atoms with E-state index in [4.69, 9.17) is 9.72 Å². The smallest absolute Gasteiger partial charge is 0.248 e. The minimum absolute atomic E-state index is 0.105. The highest BCUT2D eigenvalue weighted by atomic mass is 32.1. The van der Waals surface area contributed by atoms with Crippen LogP contribution in [0.3, 0.4) is 0 Å². The maximum atomic E-state index is 12.6. The van der Waals surface area contributed by atoms with Crippen molar-refractivity contribution in [2.75, 3.05) is 45.0 Å². The molecule has 208 valence electrons. The molecular formula is C33H33N5O2S. The lowest BCUT2D eigenvalue weighted by atomic mass is 9.99. The number of hydrogen-bond acceptors (Lipinski definition) is 7. The molecule has 0 saturated carbocycles. The van der Waals surface area contributed by atoms with Gasteiger partial charge in [-0.1, -0.05) is 78.9 Å². The summed E-state index contributed by atoms with van der Waals surface area (Å²) in [6, 6.07) is 28.3. The number of methoxy groups -OCH3 is 1. The second-order valence-electron chi connectivity index (χ2n) is 9.87. The topological polar surface area (TPSA) is 79.4 Å². The number of nitrogens with zero attached hydrogens (tertiary/aromatic N) is 3. The molecule has 0 saturated heterocycles. The van der Waals surface area contributed by atoms with Gasteiger partial charge < -0.3 is 20.3 Å². The fraction of sp³-hybridized carbons (Fsp3) is 0.182. The first-order chi connectivity index (χ1) is 20.0. The van der Waals surface area contributed by atoms with Crippen molar-refractivity contribution in [1.29, 1.82) is 0 Å². The molecule has 2 aromatic heterocycles. The van der Waals surface area contributed by atoms with E-state index in [-0.39, 0.29) is 11.9 Å². The Morgan fingerprint density at radius 3 is 2.44 bits per heavy atom. The van der Waals surface area contributed by atoms with Crippen molar-refractivity contribution in [1.82, 2.24) is 14.9 Å². The molecule has 8 heteroatoms. The molecule has 3 aromatic carbocycles. The average molecular weight is 564 g/mol. The molecule has 0 fully saturated rings. The number of aromatic nitrogens is 2. The predicted molar refractivity (Wildman–Crippen MR) is 169 cm³/mol. The number of ether oxygens (including phenoxy) is 1. The number of amides is 1. The maximum absolute atomic E-state index is 12.6. The zero-order chi connectivity index (χ0) is 28.6. The van der Waals surface area contributed by atoms with Crippen LogP contribution in [0.2, 0.25) is 0 Å².